The van der Waals surface area contributed by atoms with Crippen molar-refractivity contribution >= 4 is 19.5 Å². The molecule has 0 aliphatic carbocycles. The maximum atomic E-state index is 13.1. The van der Waals surface area contributed by atoms with Gasteiger partial charge in [0.25, 0.3) is 0 Å². The summed E-state index contributed by atoms with van der Waals surface area (Å²) < 4.78 is 18.3. The highest BCUT2D eigenvalue weighted by Crippen LogP contribution is 2.52. The van der Waals surface area contributed by atoms with Crippen molar-refractivity contribution in [2.75, 3.05) is 6.54 Å². The van der Waals surface area contributed by atoms with Gasteiger partial charge in [-0.15, -0.1) is 0 Å². The number of rotatable bonds is 15. The normalized spacial score (nSPS) is 15.4. The fourth-order valence-electron chi connectivity index (χ4n) is 3.28. The lowest BCUT2D eigenvalue weighted by Crippen LogP contribution is -2.41. The number of aliphatic carboxylic acids is 1. The third-order valence-corrected chi connectivity index (χ3v) is 6.92. The molecular formula is C21H35N2O6P. The average molecular weight is 442 g/mol. The van der Waals surface area contributed by atoms with Gasteiger partial charge in [-0.2, -0.15) is 0 Å². The van der Waals surface area contributed by atoms with Gasteiger partial charge in [0.05, 0.1) is 0 Å². The summed E-state index contributed by atoms with van der Waals surface area (Å²) in [4.78, 5) is 34.7. The fourth-order valence-corrected chi connectivity index (χ4v) is 5.24. The van der Waals surface area contributed by atoms with Gasteiger partial charge >= 0.3 is 13.6 Å². The highest BCUT2D eigenvalue weighted by atomic mass is 31.2. The minimum Gasteiger partial charge on any atom is -0.479 e. The van der Waals surface area contributed by atoms with Crippen molar-refractivity contribution in [3.63, 3.8) is 0 Å². The van der Waals surface area contributed by atoms with Crippen LogP contribution in [0.5, 0.6) is 0 Å². The molecule has 5 N–H and O–H groups in total. The first-order valence-electron chi connectivity index (χ1n) is 10.5. The Kier molecular flexibility index (Phi) is 11.9. The SMILES string of the molecule is CCC(CC)C(NC(=O)CCc1ccccc1)P(=O)(O)OC(CCCCN)C(=O)O. The van der Waals surface area contributed by atoms with Crippen LogP contribution in [0.25, 0.3) is 0 Å². The van der Waals surface area contributed by atoms with Gasteiger partial charge in [-0.25, -0.2) is 4.79 Å². The zero-order valence-electron chi connectivity index (χ0n) is 17.8. The van der Waals surface area contributed by atoms with Crippen molar-refractivity contribution in [1.29, 1.82) is 0 Å². The van der Waals surface area contributed by atoms with Gasteiger partial charge in [0, 0.05) is 6.42 Å². The van der Waals surface area contributed by atoms with E-state index in [4.69, 9.17) is 10.3 Å². The molecule has 0 saturated carbocycles. The standard InChI is InChI=1S/C21H35N2O6P/c1-3-17(4-2)20(23-19(24)14-13-16-10-6-5-7-11-16)30(27,28)29-18(21(25)26)12-8-9-15-22/h5-7,10-11,17-18,20H,3-4,8-9,12-15,22H2,1-2H3,(H,23,24)(H,25,26)(H,27,28). The summed E-state index contributed by atoms with van der Waals surface area (Å²) in [6.45, 7) is 4.11. The minimum atomic E-state index is -4.44. The number of hydrogen-bond donors (Lipinski definition) is 4. The van der Waals surface area contributed by atoms with Gasteiger partial charge < -0.3 is 21.1 Å². The predicted molar refractivity (Wildman–Crippen MR) is 116 cm³/mol. The van der Waals surface area contributed by atoms with E-state index in [-0.39, 0.29) is 24.7 Å². The molecule has 3 unspecified atom stereocenters. The zero-order chi connectivity index (χ0) is 22.6. The number of amides is 1. The maximum Gasteiger partial charge on any atom is 0.351 e. The van der Waals surface area contributed by atoms with E-state index >= 15 is 0 Å². The Bertz CT molecular complexity index is 696. The van der Waals surface area contributed by atoms with Crippen LogP contribution in [-0.2, 0) is 25.1 Å². The van der Waals surface area contributed by atoms with E-state index in [2.05, 4.69) is 5.32 Å². The van der Waals surface area contributed by atoms with E-state index in [0.717, 1.165) is 5.56 Å². The monoisotopic (exact) mass is 442 g/mol. The molecule has 0 spiro atoms. The molecule has 9 heteroatoms. The summed E-state index contributed by atoms with van der Waals surface area (Å²) in [7, 11) is -4.44. The van der Waals surface area contributed by atoms with Gasteiger partial charge in [0.15, 0.2) is 6.10 Å². The lowest BCUT2D eigenvalue weighted by molar-refractivity contribution is -0.145. The first kappa shape index (κ1) is 26.3. The number of nitrogens with two attached hydrogens (primary N) is 1. The summed E-state index contributed by atoms with van der Waals surface area (Å²) in [6, 6.07) is 9.47. The number of aryl methyl sites for hydroxylation is 1. The Morgan fingerprint density at radius 2 is 1.80 bits per heavy atom. The molecule has 0 aromatic heterocycles. The van der Waals surface area contributed by atoms with E-state index < -0.39 is 25.5 Å². The lowest BCUT2D eigenvalue weighted by atomic mass is 10.0. The second kappa shape index (κ2) is 13.5. The molecule has 0 aliphatic rings. The van der Waals surface area contributed by atoms with Crippen molar-refractivity contribution < 1.29 is 28.7 Å². The largest absolute Gasteiger partial charge is 0.479 e. The van der Waals surface area contributed by atoms with Crippen LogP contribution < -0.4 is 11.1 Å². The zero-order valence-corrected chi connectivity index (χ0v) is 18.7. The fraction of sp³-hybridized carbons (Fsp3) is 0.619. The van der Waals surface area contributed by atoms with Crippen LogP contribution in [0, 0.1) is 5.92 Å². The Balaban J connectivity index is 2.88. The van der Waals surface area contributed by atoms with Crippen molar-refractivity contribution in [2.24, 2.45) is 11.7 Å². The molecule has 170 valence electrons. The van der Waals surface area contributed by atoms with Crippen LogP contribution in [0.2, 0.25) is 0 Å². The molecule has 8 nitrogen and oxygen atoms in total. The number of carboxylic acids is 1. The Hall–Kier alpha value is -1.73. The molecule has 1 aromatic rings. The Labute approximate surface area is 178 Å². The van der Waals surface area contributed by atoms with E-state index in [0.29, 0.717) is 38.6 Å². The Morgan fingerprint density at radius 1 is 1.17 bits per heavy atom. The average Bonchev–Trinajstić information content (AvgIpc) is 2.72. The lowest BCUT2D eigenvalue weighted by Gasteiger charge is -2.31. The van der Waals surface area contributed by atoms with Crippen LogP contribution in [0.1, 0.15) is 57.9 Å². The van der Waals surface area contributed by atoms with Crippen LogP contribution in [0.3, 0.4) is 0 Å². The molecule has 1 rings (SSSR count). The summed E-state index contributed by atoms with van der Waals surface area (Å²) in [5, 5.41) is 12.0. The number of carbonyl (C=O) groups excluding carboxylic acids is 1. The van der Waals surface area contributed by atoms with Gasteiger partial charge in [-0.1, -0.05) is 57.0 Å². The number of unbranched alkanes of at least 4 members (excludes halogenated alkanes) is 1. The third kappa shape index (κ3) is 8.96. The topological polar surface area (TPSA) is 139 Å². The van der Waals surface area contributed by atoms with Crippen LogP contribution in [0.4, 0.5) is 0 Å². The molecule has 0 heterocycles. The molecule has 0 bridgehead atoms. The number of nitrogens with one attached hydrogen (secondary N) is 1. The second-order valence-corrected chi connectivity index (χ2v) is 9.25. The van der Waals surface area contributed by atoms with Crippen molar-refractivity contribution in [1.82, 2.24) is 5.32 Å². The molecule has 1 amide bonds. The second-order valence-electron chi connectivity index (χ2n) is 7.36. The van der Waals surface area contributed by atoms with Crippen molar-refractivity contribution in [3.8, 4) is 0 Å². The Morgan fingerprint density at radius 3 is 2.33 bits per heavy atom. The number of carbonyl (C=O) groups is 2. The highest BCUT2D eigenvalue weighted by molar-refractivity contribution is 7.53. The molecule has 1 aromatic carbocycles. The van der Waals surface area contributed by atoms with E-state index in [9.17, 15) is 24.2 Å². The molecule has 0 saturated heterocycles. The molecule has 3 atom stereocenters. The van der Waals surface area contributed by atoms with E-state index in [1.165, 1.54) is 0 Å². The minimum absolute atomic E-state index is 0.0780. The van der Waals surface area contributed by atoms with E-state index in [1.807, 2.05) is 44.2 Å². The van der Waals surface area contributed by atoms with E-state index in [1.54, 1.807) is 0 Å². The van der Waals surface area contributed by atoms with Crippen LogP contribution in [-0.4, -0.2) is 40.3 Å². The molecule has 0 fully saturated rings. The van der Waals surface area contributed by atoms with Crippen molar-refractivity contribution in [3.05, 3.63) is 35.9 Å². The third-order valence-electron chi connectivity index (χ3n) is 5.11. The van der Waals surface area contributed by atoms with Gasteiger partial charge in [-0.3, -0.25) is 13.9 Å². The number of hydrogen-bond acceptors (Lipinski definition) is 5. The summed E-state index contributed by atoms with van der Waals surface area (Å²) in [5.41, 5.74) is 6.41. The first-order valence-corrected chi connectivity index (χ1v) is 12.2. The summed E-state index contributed by atoms with van der Waals surface area (Å²) in [6.07, 6.45) is 1.44. The van der Waals surface area contributed by atoms with Gasteiger partial charge in [-0.05, 0) is 43.7 Å². The van der Waals surface area contributed by atoms with Crippen LogP contribution >= 0.6 is 7.60 Å². The van der Waals surface area contributed by atoms with Gasteiger partial charge in [0.2, 0.25) is 5.91 Å². The quantitative estimate of drug-likeness (QED) is 0.241. The summed E-state index contributed by atoms with van der Waals surface area (Å²) >= 11 is 0. The predicted octanol–water partition coefficient (Wildman–Crippen LogP) is 3.28. The molecule has 0 radical (unpaired) electrons. The smallest absolute Gasteiger partial charge is 0.351 e. The highest BCUT2D eigenvalue weighted by Gasteiger charge is 2.41. The van der Waals surface area contributed by atoms with Crippen LogP contribution in [0.15, 0.2) is 30.3 Å². The number of carboxylic acid groups (broad SMARTS) is 1. The molecule has 0 aliphatic heterocycles. The molecular weight excluding hydrogens is 407 g/mol. The molecule has 30 heavy (non-hydrogen) atoms. The number of benzene rings is 1. The first-order chi connectivity index (χ1) is 14.2. The summed E-state index contributed by atoms with van der Waals surface area (Å²) in [5.74, 6) is -3.16. The van der Waals surface area contributed by atoms with Gasteiger partial charge in [0.1, 0.15) is 5.78 Å². The maximum absolute atomic E-state index is 13.1. The van der Waals surface area contributed by atoms with Crippen molar-refractivity contribution in [2.45, 2.75) is 70.7 Å².